The van der Waals surface area contributed by atoms with E-state index in [9.17, 15) is 31.6 Å². The summed E-state index contributed by atoms with van der Waals surface area (Å²) in [6.07, 6.45) is 5.21. The lowest BCUT2D eigenvalue weighted by Crippen LogP contribution is -2.34. The van der Waals surface area contributed by atoms with Crippen molar-refractivity contribution in [1.82, 2.24) is 4.98 Å². The summed E-state index contributed by atoms with van der Waals surface area (Å²) >= 11 is 12.7. The van der Waals surface area contributed by atoms with E-state index in [1.807, 2.05) is 0 Å². The molecule has 1 atom stereocenters. The number of carbonyl (C=O) groups is 3. The van der Waals surface area contributed by atoms with Gasteiger partial charge in [0.05, 0.1) is 34.5 Å². The highest BCUT2D eigenvalue weighted by atomic mass is 35.5. The molecule has 0 N–H and O–H groups in total. The molecule has 2 aliphatic carbocycles. The fourth-order valence-electron chi connectivity index (χ4n) is 5.16. The standard InChI is InChI=1S/C37H40Cl2F2N2O11S/c1-37(2,3)54-33(44)17-43(55(47)48)28-10-8-24(13-31(28)49-18-21-4-5-21)35(46)51-20-34(45)52-30(14-25-26(38)15-42-16-27(25)39)23-9-11-29(53-36(40)41)32(12-23)50-19-22-6-7-22/h8-13,15-16,21-22,30,36,55H,4-7,14,17-20H2,1-3H3/t30-/m0/s1. The maximum atomic E-state index is 13.2. The van der Waals surface area contributed by atoms with E-state index in [4.69, 9.17) is 46.9 Å². The SMILES string of the molecule is CC(C)(C)OC(=O)CN(c1ccc(C(=O)OCC(=O)O[C@@H](Cc2c(Cl)cncc2Cl)c2ccc(OC(F)F)c(OCC3CC3)c2)cc1OCC1CC1)[SH](=O)=O. The van der Waals surface area contributed by atoms with Crippen molar-refractivity contribution in [3.8, 4) is 17.2 Å². The fraction of sp³-hybridized carbons (Fsp3) is 0.459. The van der Waals surface area contributed by atoms with E-state index in [-0.39, 0.29) is 70.0 Å². The third-order valence-electron chi connectivity index (χ3n) is 8.20. The number of thiol groups is 1. The van der Waals surface area contributed by atoms with Crippen LogP contribution < -0.4 is 18.5 Å². The van der Waals surface area contributed by atoms with E-state index in [1.165, 1.54) is 48.8 Å². The van der Waals surface area contributed by atoms with Crippen molar-refractivity contribution in [2.75, 3.05) is 30.7 Å². The van der Waals surface area contributed by atoms with Gasteiger partial charge in [0.25, 0.3) is 0 Å². The molecule has 2 aromatic carbocycles. The van der Waals surface area contributed by atoms with Gasteiger partial charge in [-0.25, -0.2) is 18.0 Å². The van der Waals surface area contributed by atoms with E-state index >= 15 is 0 Å². The first-order valence-electron chi connectivity index (χ1n) is 17.3. The summed E-state index contributed by atoms with van der Waals surface area (Å²) < 4.78 is 84.4. The molecule has 55 heavy (non-hydrogen) atoms. The van der Waals surface area contributed by atoms with Crippen LogP contribution in [-0.4, -0.2) is 69.9 Å². The van der Waals surface area contributed by atoms with Crippen molar-refractivity contribution < 1.29 is 60.0 Å². The quantitative estimate of drug-likeness (QED) is 0.0757. The molecule has 0 aliphatic heterocycles. The number of hydrogen-bond donors (Lipinski definition) is 1. The molecule has 0 unspecified atom stereocenters. The normalized spacial score (nSPS) is 14.6. The first kappa shape index (κ1) is 41.7. The summed E-state index contributed by atoms with van der Waals surface area (Å²) in [4.78, 5) is 42.9. The van der Waals surface area contributed by atoms with Gasteiger partial charge in [0.15, 0.2) is 18.1 Å². The van der Waals surface area contributed by atoms with E-state index in [2.05, 4.69) is 9.72 Å². The predicted octanol–water partition coefficient (Wildman–Crippen LogP) is 6.93. The Morgan fingerprint density at radius 2 is 1.53 bits per heavy atom. The van der Waals surface area contributed by atoms with Crippen LogP contribution in [-0.2, 0) is 41.1 Å². The van der Waals surface area contributed by atoms with Gasteiger partial charge in [-0.15, -0.1) is 0 Å². The number of rotatable bonds is 19. The lowest BCUT2D eigenvalue weighted by Gasteiger charge is -2.24. The molecule has 13 nitrogen and oxygen atoms in total. The number of pyridine rings is 1. The van der Waals surface area contributed by atoms with E-state index in [1.54, 1.807) is 20.8 Å². The molecule has 2 saturated carbocycles. The second kappa shape index (κ2) is 18.5. The van der Waals surface area contributed by atoms with Crippen LogP contribution in [0.25, 0.3) is 0 Å². The zero-order valence-electron chi connectivity index (χ0n) is 30.1. The lowest BCUT2D eigenvalue weighted by atomic mass is 10.0. The highest BCUT2D eigenvalue weighted by molar-refractivity contribution is 7.74. The van der Waals surface area contributed by atoms with Gasteiger partial charge in [-0.05, 0) is 99.7 Å². The van der Waals surface area contributed by atoms with Gasteiger partial charge in [0.1, 0.15) is 24.0 Å². The molecule has 3 aromatic rings. The number of halogens is 4. The Morgan fingerprint density at radius 1 is 0.891 bits per heavy atom. The van der Waals surface area contributed by atoms with Crippen LogP contribution in [0.2, 0.25) is 10.0 Å². The van der Waals surface area contributed by atoms with Gasteiger partial charge in [0.2, 0.25) is 10.9 Å². The molecule has 0 saturated heterocycles. The number of benzene rings is 2. The third-order valence-corrected chi connectivity index (χ3v) is 9.61. The molecular weight excluding hydrogens is 789 g/mol. The molecule has 0 spiro atoms. The number of carbonyl (C=O) groups excluding carboxylic acids is 3. The molecule has 1 aromatic heterocycles. The molecule has 0 radical (unpaired) electrons. The van der Waals surface area contributed by atoms with Gasteiger partial charge < -0.3 is 28.4 Å². The minimum absolute atomic E-state index is 0.000281. The van der Waals surface area contributed by atoms with Gasteiger partial charge in [0, 0.05) is 18.8 Å². The first-order valence-corrected chi connectivity index (χ1v) is 19.2. The van der Waals surface area contributed by atoms with Crippen LogP contribution in [0.5, 0.6) is 17.2 Å². The van der Waals surface area contributed by atoms with Crippen LogP contribution in [0, 0.1) is 11.8 Å². The molecule has 2 fully saturated rings. The zero-order chi connectivity index (χ0) is 39.9. The van der Waals surface area contributed by atoms with Crippen LogP contribution in [0.1, 0.15) is 74.0 Å². The fourth-order valence-corrected chi connectivity index (χ4v) is 6.25. The third kappa shape index (κ3) is 12.8. The molecule has 0 amide bonds. The molecular formula is C37H40Cl2F2N2O11S. The van der Waals surface area contributed by atoms with Gasteiger partial charge in [-0.3, -0.25) is 14.1 Å². The predicted molar refractivity (Wildman–Crippen MR) is 197 cm³/mol. The summed E-state index contributed by atoms with van der Waals surface area (Å²) in [6, 6.07) is 7.91. The molecule has 1 heterocycles. The van der Waals surface area contributed by atoms with E-state index in [0.29, 0.717) is 11.1 Å². The first-order chi connectivity index (χ1) is 26.1. The maximum absolute atomic E-state index is 13.2. The number of anilines is 1. The summed E-state index contributed by atoms with van der Waals surface area (Å²) in [5.74, 6) is -2.42. The Kier molecular flexibility index (Phi) is 14.0. The average molecular weight is 830 g/mol. The van der Waals surface area contributed by atoms with Gasteiger partial charge >= 0.3 is 24.5 Å². The number of nitrogens with zero attached hydrogens (tertiary/aromatic N) is 2. The van der Waals surface area contributed by atoms with E-state index in [0.717, 1.165) is 30.0 Å². The van der Waals surface area contributed by atoms with Gasteiger partial charge in [-0.2, -0.15) is 8.78 Å². The number of ether oxygens (including phenoxy) is 6. The topological polar surface area (TPSA) is 157 Å². The lowest BCUT2D eigenvalue weighted by molar-refractivity contribution is -0.153. The summed E-state index contributed by atoms with van der Waals surface area (Å²) in [7, 11) is -3.34. The second-order valence-electron chi connectivity index (χ2n) is 14.0. The number of aromatic nitrogens is 1. The highest BCUT2D eigenvalue weighted by Gasteiger charge is 2.29. The average Bonchev–Trinajstić information content (AvgIpc) is 4.05. The van der Waals surface area contributed by atoms with Crippen molar-refractivity contribution in [3.05, 3.63) is 75.5 Å². The molecule has 298 valence electrons. The summed E-state index contributed by atoms with van der Waals surface area (Å²) in [6.45, 7) is 0.836. The summed E-state index contributed by atoms with van der Waals surface area (Å²) in [5.41, 5.74) is -0.253. The highest BCUT2D eigenvalue weighted by Crippen LogP contribution is 2.38. The smallest absolute Gasteiger partial charge is 0.387 e. The van der Waals surface area contributed by atoms with Crippen molar-refractivity contribution >= 4 is 57.7 Å². The van der Waals surface area contributed by atoms with Crippen molar-refractivity contribution in [2.24, 2.45) is 11.8 Å². The number of hydrogen-bond acceptors (Lipinski definition) is 12. The Bertz CT molecular complexity index is 1920. The Labute approximate surface area is 328 Å². The molecule has 2 aliphatic rings. The van der Waals surface area contributed by atoms with Crippen molar-refractivity contribution in [1.29, 1.82) is 0 Å². The van der Waals surface area contributed by atoms with Crippen LogP contribution in [0.3, 0.4) is 0 Å². The maximum Gasteiger partial charge on any atom is 0.387 e. The van der Waals surface area contributed by atoms with Crippen LogP contribution >= 0.6 is 23.2 Å². The number of esters is 3. The van der Waals surface area contributed by atoms with Crippen LogP contribution in [0.15, 0.2) is 48.8 Å². The van der Waals surface area contributed by atoms with Gasteiger partial charge in [-0.1, -0.05) is 29.3 Å². The molecule has 5 rings (SSSR count). The largest absolute Gasteiger partial charge is 0.491 e. The number of alkyl halides is 2. The Hall–Kier alpha value is -4.41. The Balaban J connectivity index is 1.33. The van der Waals surface area contributed by atoms with Crippen LogP contribution in [0.4, 0.5) is 14.5 Å². The summed E-state index contributed by atoms with van der Waals surface area (Å²) in [5, 5.41) is 0.356. The zero-order valence-corrected chi connectivity index (χ0v) is 32.5. The van der Waals surface area contributed by atoms with Crippen molar-refractivity contribution in [2.45, 2.75) is 71.2 Å². The minimum atomic E-state index is -3.34. The monoisotopic (exact) mass is 828 g/mol. The van der Waals surface area contributed by atoms with E-state index < -0.39 is 60.3 Å². The molecule has 0 bridgehead atoms. The Morgan fingerprint density at radius 3 is 2.11 bits per heavy atom. The second-order valence-corrected chi connectivity index (χ2v) is 15.8. The molecule has 18 heteroatoms. The minimum Gasteiger partial charge on any atom is -0.491 e. The van der Waals surface area contributed by atoms with Crippen molar-refractivity contribution in [3.63, 3.8) is 0 Å².